The van der Waals surface area contributed by atoms with Crippen molar-refractivity contribution in [1.82, 2.24) is 9.21 Å². The van der Waals surface area contributed by atoms with E-state index in [0.717, 1.165) is 6.92 Å². The topological polar surface area (TPSA) is 95.0 Å². The Kier molecular flexibility index (Phi) is 4.92. The summed E-state index contributed by atoms with van der Waals surface area (Å²) in [6.07, 6.45) is 0.866. The molecule has 0 aromatic rings. The van der Waals surface area contributed by atoms with Gasteiger partial charge in [0.25, 0.3) is 0 Å². The molecule has 8 heteroatoms. The molecule has 1 rings (SSSR count). The molecule has 1 atom stereocenters. The zero-order valence-corrected chi connectivity index (χ0v) is 12.2. The number of carboxylic acids is 1. The SMILES string of the molecule is CC(C(=O)O)S(=O)(=O)N1CCC(C(=O)N(C)C)CC1. The van der Waals surface area contributed by atoms with Crippen LogP contribution in [0.3, 0.4) is 0 Å². The number of aliphatic carboxylic acids is 1. The number of piperidine rings is 1. The molecule has 0 saturated carbocycles. The van der Waals surface area contributed by atoms with Crippen molar-refractivity contribution in [3.8, 4) is 0 Å². The van der Waals surface area contributed by atoms with E-state index < -0.39 is 21.2 Å². The summed E-state index contributed by atoms with van der Waals surface area (Å²) in [5.41, 5.74) is 0. The number of nitrogens with zero attached hydrogens (tertiary/aromatic N) is 2. The van der Waals surface area contributed by atoms with E-state index in [1.54, 1.807) is 14.1 Å². The van der Waals surface area contributed by atoms with Gasteiger partial charge < -0.3 is 10.0 Å². The molecule has 0 aromatic carbocycles. The summed E-state index contributed by atoms with van der Waals surface area (Å²) in [5.74, 6) is -1.54. The summed E-state index contributed by atoms with van der Waals surface area (Å²) in [5, 5.41) is 7.34. The Bertz CT molecular complexity index is 452. The number of carboxylic acid groups (broad SMARTS) is 1. The number of carbonyl (C=O) groups excluding carboxylic acids is 1. The van der Waals surface area contributed by atoms with Crippen LogP contribution in [0.4, 0.5) is 0 Å². The molecule has 110 valence electrons. The number of amides is 1. The summed E-state index contributed by atoms with van der Waals surface area (Å²) in [4.78, 5) is 24.0. The van der Waals surface area contributed by atoms with Crippen molar-refractivity contribution in [2.45, 2.75) is 25.0 Å². The van der Waals surface area contributed by atoms with Crippen LogP contribution in [0.15, 0.2) is 0 Å². The normalized spacial score (nSPS) is 19.9. The Morgan fingerprint density at radius 1 is 1.26 bits per heavy atom. The van der Waals surface area contributed by atoms with Crippen LogP contribution >= 0.6 is 0 Å². The van der Waals surface area contributed by atoms with E-state index in [9.17, 15) is 18.0 Å². The van der Waals surface area contributed by atoms with Gasteiger partial charge in [0, 0.05) is 33.1 Å². The van der Waals surface area contributed by atoms with Crippen LogP contribution in [0.5, 0.6) is 0 Å². The molecule has 0 radical (unpaired) electrons. The molecule has 1 fully saturated rings. The number of hydrogen-bond acceptors (Lipinski definition) is 4. The molecular formula is C11H20N2O5S. The summed E-state index contributed by atoms with van der Waals surface area (Å²) >= 11 is 0. The molecule has 1 unspecified atom stereocenters. The lowest BCUT2D eigenvalue weighted by Gasteiger charge is -2.32. The second-order valence-corrected chi connectivity index (χ2v) is 7.18. The molecule has 1 aliphatic rings. The molecule has 1 saturated heterocycles. The van der Waals surface area contributed by atoms with Gasteiger partial charge in [-0.2, -0.15) is 0 Å². The number of sulfonamides is 1. The quantitative estimate of drug-likeness (QED) is 0.760. The number of carbonyl (C=O) groups is 2. The Balaban J connectivity index is 2.69. The zero-order valence-electron chi connectivity index (χ0n) is 11.4. The highest BCUT2D eigenvalue weighted by Gasteiger charge is 2.37. The second kappa shape index (κ2) is 5.87. The number of hydrogen-bond donors (Lipinski definition) is 1. The molecule has 19 heavy (non-hydrogen) atoms. The maximum absolute atomic E-state index is 12.0. The Morgan fingerprint density at radius 2 is 1.74 bits per heavy atom. The fourth-order valence-electron chi connectivity index (χ4n) is 2.07. The van der Waals surface area contributed by atoms with Gasteiger partial charge in [-0.05, 0) is 19.8 Å². The van der Waals surface area contributed by atoms with Gasteiger partial charge in [0.15, 0.2) is 5.25 Å². The smallest absolute Gasteiger partial charge is 0.323 e. The first-order valence-corrected chi connectivity index (χ1v) is 7.61. The van der Waals surface area contributed by atoms with E-state index in [-0.39, 0.29) is 24.9 Å². The third-order valence-electron chi connectivity index (χ3n) is 3.40. The average molecular weight is 292 g/mol. The molecule has 0 bridgehead atoms. The predicted molar refractivity (Wildman–Crippen MR) is 69.0 cm³/mol. The minimum atomic E-state index is -3.82. The molecule has 1 heterocycles. The van der Waals surface area contributed by atoms with Crippen molar-refractivity contribution in [3.05, 3.63) is 0 Å². The summed E-state index contributed by atoms with van der Waals surface area (Å²) < 4.78 is 25.1. The minimum Gasteiger partial charge on any atom is -0.480 e. The van der Waals surface area contributed by atoms with Gasteiger partial charge in [0.2, 0.25) is 15.9 Å². The van der Waals surface area contributed by atoms with Crippen LogP contribution in [0.25, 0.3) is 0 Å². The lowest BCUT2D eigenvalue weighted by atomic mass is 9.97. The van der Waals surface area contributed by atoms with Gasteiger partial charge in [-0.1, -0.05) is 0 Å². The highest BCUT2D eigenvalue weighted by molar-refractivity contribution is 7.90. The van der Waals surface area contributed by atoms with E-state index in [4.69, 9.17) is 5.11 Å². The highest BCUT2D eigenvalue weighted by atomic mass is 32.2. The lowest BCUT2D eigenvalue weighted by molar-refractivity contribution is -0.136. The van der Waals surface area contributed by atoms with E-state index in [1.165, 1.54) is 9.21 Å². The first-order chi connectivity index (χ1) is 8.67. The standard InChI is InChI=1S/C11H20N2O5S/c1-8(11(15)16)19(17,18)13-6-4-9(5-7-13)10(14)12(2)3/h8-9H,4-7H2,1-3H3,(H,15,16). The molecule has 1 aliphatic heterocycles. The fraction of sp³-hybridized carbons (Fsp3) is 0.818. The third-order valence-corrected chi connectivity index (χ3v) is 5.58. The third kappa shape index (κ3) is 3.44. The van der Waals surface area contributed by atoms with E-state index in [2.05, 4.69) is 0 Å². The fourth-order valence-corrected chi connectivity index (χ4v) is 3.50. The predicted octanol–water partition coefficient (Wildman–Crippen LogP) is -0.410. The van der Waals surface area contributed by atoms with Crippen molar-refractivity contribution >= 4 is 21.9 Å². The summed E-state index contributed by atoms with van der Waals surface area (Å²) in [7, 11) is -0.493. The van der Waals surface area contributed by atoms with Gasteiger partial charge in [0.05, 0.1) is 0 Å². The maximum Gasteiger partial charge on any atom is 0.323 e. The first kappa shape index (κ1) is 15.9. The van der Waals surface area contributed by atoms with Crippen molar-refractivity contribution in [1.29, 1.82) is 0 Å². The minimum absolute atomic E-state index is 0.0108. The van der Waals surface area contributed by atoms with Crippen molar-refractivity contribution < 1.29 is 23.1 Å². The van der Waals surface area contributed by atoms with Crippen molar-refractivity contribution in [2.75, 3.05) is 27.2 Å². The monoisotopic (exact) mass is 292 g/mol. The van der Waals surface area contributed by atoms with Crippen LogP contribution in [-0.4, -0.2) is 67.0 Å². The summed E-state index contributed by atoms with van der Waals surface area (Å²) in [6.45, 7) is 1.56. The molecule has 7 nitrogen and oxygen atoms in total. The molecule has 0 spiro atoms. The van der Waals surface area contributed by atoms with Crippen molar-refractivity contribution in [3.63, 3.8) is 0 Å². The van der Waals surface area contributed by atoms with Gasteiger partial charge in [-0.15, -0.1) is 0 Å². The van der Waals surface area contributed by atoms with E-state index in [0.29, 0.717) is 12.8 Å². The highest BCUT2D eigenvalue weighted by Crippen LogP contribution is 2.22. The van der Waals surface area contributed by atoms with Gasteiger partial charge in [-0.25, -0.2) is 12.7 Å². The zero-order chi connectivity index (χ0) is 14.8. The van der Waals surface area contributed by atoms with E-state index in [1.807, 2.05) is 0 Å². The van der Waals surface area contributed by atoms with E-state index >= 15 is 0 Å². The number of rotatable bonds is 4. The molecule has 0 aromatic heterocycles. The van der Waals surface area contributed by atoms with Gasteiger partial charge in [-0.3, -0.25) is 9.59 Å². The first-order valence-electron chi connectivity index (χ1n) is 6.11. The molecule has 0 aliphatic carbocycles. The Labute approximate surface area is 113 Å². The lowest BCUT2D eigenvalue weighted by Crippen LogP contribution is -2.47. The summed E-state index contributed by atoms with van der Waals surface area (Å²) in [6, 6.07) is 0. The molecular weight excluding hydrogens is 272 g/mol. The van der Waals surface area contributed by atoms with Crippen LogP contribution in [0, 0.1) is 5.92 Å². The van der Waals surface area contributed by atoms with Crippen LogP contribution < -0.4 is 0 Å². The average Bonchev–Trinajstić information content (AvgIpc) is 2.36. The Morgan fingerprint density at radius 3 is 2.11 bits per heavy atom. The van der Waals surface area contributed by atoms with Crippen LogP contribution in [0.1, 0.15) is 19.8 Å². The molecule has 1 N–H and O–H groups in total. The van der Waals surface area contributed by atoms with Gasteiger partial charge >= 0.3 is 5.97 Å². The van der Waals surface area contributed by atoms with Gasteiger partial charge in [0.1, 0.15) is 0 Å². The Hall–Kier alpha value is -1.15. The maximum atomic E-state index is 12.0. The van der Waals surface area contributed by atoms with Crippen molar-refractivity contribution in [2.24, 2.45) is 5.92 Å². The molecule has 1 amide bonds. The second-order valence-electron chi connectivity index (χ2n) is 4.93. The largest absolute Gasteiger partial charge is 0.480 e. The van der Waals surface area contributed by atoms with Crippen LogP contribution in [0.2, 0.25) is 0 Å². The van der Waals surface area contributed by atoms with Crippen LogP contribution in [-0.2, 0) is 19.6 Å².